The quantitative estimate of drug-likeness (QED) is 0.739. The number of nitrogens with zero attached hydrogens (tertiary/aromatic N) is 1. The summed E-state index contributed by atoms with van der Waals surface area (Å²) < 4.78 is 5.09. The first-order valence-electron chi connectivity index (χ1n) is 8.90. The third-order valence-electron chi connectivity index (χ3n) is 4.08. The fourth-order valence-corrected chi connectivity index (χ4v) is 2.61. The predicted octanol–water partition coefficient (Wildman–Crippen LogP) is 3.39. The number of urea groups is 1. The van der Waals surface area contributed by atoms with Crippen LogP contribution >= 0.6 is 0 Å². The van der Waals surface area contributed by atoms with Crippen molar-refractivity contribution in [1.82, 2.24) is 10.2 Å². The molecular weight excluding hydrogens is 328 g/mol. The molecule has 0 saturated heterocycles. The molecule has 0 fully saturated rings. The molecule has 2 aromatic carbocycles. The van der Waals surface area contributed by atoms with E-state index in [1.165, 1.54) is 4.90 Å². The predicted molar refractivity (Wildman–Crippen MR) is 102 cm³/mol. The highest BCUT2D eigenvalue weighted by Gasteiger charge is 2.26. The van der Waals surface area contributed by atoms with Crippen LogP contribution in [0.25, 0.3) is 0 Å². The maximum Gasteiger partial charge on any atom is 0.328 e. The summed E-state index contributed by atoms with van der Waals surface area (Å²) in [6, 6.07) is 18.6. The van der Waals surface area contributed by atoms with Crippen LogP contribution in [0.2, 0.25) is 0 Å². The van der Waals surface area contributed by atoms with Crippen molar-refractivity contribution in [3.05, 3.63) is 71.8 Å². The van der Waals surface area contributed by atoms with Gasteiger partial charge in [-0.15, -0.1) is 0 Å². The molecule has 1 atom stereocenters. The van der Waals surface area contributed by atoms with Crippen molar-refractivity contribution in [2.75, 3.05) is 13.2 Å². The van der Waals surface area contributed by atoms with Crippen LogP contribution < -0.4 is 5.32 Å². The van der Waals surface area contributed by atoms with Gasteiger partial charge in [0.2, 0.25) is 0 Å². The first-order chi connectivity index (χ1) is 12.6. The van der Waals surface area contributed by atoms with Crippen LogP contribution in [0.1, 0.15) is 25.0 Å². The lowest BCUT2D eigenvalue weighted by Gasteiger charge is -2.28. The summed E-state index contributed by atoms with van der Waals surface area (Å²) in [7, 11) is 0. The molecule has 1 N–H and O–H groups in total. The van der Waals surface area contributed by atoms with Gasteiger partial charge in [0.25, 0.3) is 0 Å². The van der Waals surface area contributed by atoms with Gasteiger partial charge in [-0.3, -0.25) is 0 Å². The van der Waals surface area contributed by atoms with Gasteiger partial charge < -0.3 is 15.0 Å². The first-order valence-corrected chi connectivity index (χ1v) is 8.90. The minimum atomic E-state index is -0.660. The zero-order valence-corrected chi connectivity index (χ0v) is 15.4. The number of nitrogens with one attached hydrogen (secondary N) is 1. The van der Waals surface area contributed by atoms with Gasteiger partial charge >= 0.3 is 12.0 Å². The largest absolute Gasteiger partial charge is 0.464 e. The fourth-order valence-electron chi connectivity index (χ4n) is 2.61. The van der Waals surface area contributed by atoms with E-state index in [0.717, 1.165) is 17.5 Å². The van der Waals surface area contributed by atoms with Crippen LogP contribution in [-0.2, 0) is 22.5 Å². The number of rotatable bonds is 8. The van der Waals surface area contributed by atoms with Gasteiger partial charge in [-0.25, -0.2) is 9.59 Å². The summed E-state index contributed by atoms with van der Waals surface area (Å²) in [4.78, 5) is 26.3. The average Bonchev–Trinajstić information content (AvgIpc) is 2.67. The molecule has 5 nitrogen and oxygen atoms in total. The third-order valence-corrected chi connectivity index (χ3v) is 4.08. The molecule has 0 saturated carbocycles. The Morgan fingerprint density at radius 3 is 2.15 bits per heavy atom. The van der Waals surface area contributed by atoms with Crippen molar-refractivity contribution >= 4 is 12.0 Å². The molecule has 2 aromatic rings. The molecule has 0 aliphatic rings. The molecule has 5 heteroatoms. The van der Waals surface area contributed by atoms with Gasteiger partial charge in [-0.1, -0.05) is 60.7 Å². The molecule has 0 aliphatic carbocycles. The van der Waals surface area contributed by atoms with Crippen LogP contribution in [0.3, 0.4) is 0 Å². The molecule has 0 radical (unpaired) electrons. The van der Waals surface area contributed by atoms with E-state index in [-0.39, 0.29) is 12.6 Å². The number of carbonyl (C=O) groups excluding carboxylic acids is 2. The van der Waals surface area contributed by atoms with E-state index in [1.807, 2.05) is 60.7 Å². The van der Waals surface area contributed by atoms with Gasteiger partial charge in [-0.05, 0) is 31.4 Å². The molecule has 0 aromatic heterocycles. The Hall–Kier alpha value is -2.82. The highest BCUT2D eigenvalue weighted by molar-refractivity contribution is 5.83. The topological polar surface area (TPSA) is 58.6 Å². The molecule has 138 valence electrons. The minimum Gasteiger partial charge on any atom is -0.464 e. The maximum atomic E-state index is 12.7. The van der Waals surface area contributed by atoms with Crippen molar-refractivity contribution in [2.24, 2.45) is 0 Å². The second kappa shape index (κ2) is 10.2. The molecule has 2 rings (SSSR count). The van der Waals surface area contributed by atoms with E-state index in [2.05, 4.69) is 5.32 Å². The standard InChI is InChI=1S/C21H26N2O3/c1-3-26-20(24)17(2)23(16-19-12-8-5-9-13-19)21(25)22-15-14-18-10-6-4-7-11-18/h4-13,17H,3,14-16H2,1-2H3,(H,22,25). The van der Waals surface area contributed by atoms with Crippen molar-refractivity contribution in [1.29, 1.82) is 0 Å². The highest BCUT2D eigenvalue weighted by atomic mass is 16.5. The van der Waals surface area contributed by atoms with Crippen molar-refractivity contribution in [3.63, 3.8) is 0 Å². The lowest BCUT2D eigenvalue weighted by Crippen LogP contribution is -2.48. The lowest BCUT2D eigenvalue weighted by molar-refractivity contribution is -0.148. The summed E-state index contributed by atoms with van der Waals surface area (Å²) in [5, 5.41) is 2.91. The number of carbonyl (C=O) groups is 2. The van der Waals surface area contributed by atoms with Crippen LogP contribution in [-0.4, -0.2) is 36.1 Å². The fraction of sp³-hybridized carbons (Fsp3) is 0.333. The summed E-state index contributed by atoms with van der Waals surface area (Å²) in [5.74, 6) is -0.401. The summed E-state index contributed by atoms with van der Waals surface area (Å²) in [5.41, 5.74) is 2.11. The molecule has 1 unspecified atom stereocenters. The minimum absolute atomic E-state index is 0.273. The van der Waals surface area contributed by atoms with Crippen molar-refractivity contribution in [3.8, 4) is 0 Å². The Balaban J connectivity index is 2.01. The Labute approximate surface area is 155 Å². The SMILES string of the molecule is CCOC(=O)C(C)N(Cc1ccccc1)C(=O)NCCc1ccccc1. The summed E-state index contributed by atoms with van der Waals surface area (Å²) >= 11 is 0. The maximum absolute atomic E-state index is 12.7. The average molecular weight is 354 g/mol. The van der Waals surface area contributed by atoms with E-state index in [4.69, 9.17) is 4.74 Å². The van der Waals surface area contributed by atoms with Gasteiger partial charge in [0.15, 0.2) is 0 Å². The van der Waals surface area contributed by atoms with Crippen molar-refractivity contribution < 1.29 is 14.3 Å². The molecule has 2 amide bonds. The number of hydrogen-bond donors (Lipinski definition) is 1. The zero-order valence-electron chi connectivity index (χ0n) is 15.4. The smallest absolute Gasteiger partial charge is 0.328 e. The normalized spacial score (nSPS) is 11.5. The van der Waals surface area contributed by atoms with Crippen LogP contribution in [0, 0.1) is 0 Å². The molecule has 26 heavy (non-hydrogen) atoms. The van der Waals surface area contributed by atoms with Gasteiger partial charge in [-0.2, -0.15) is 0 Å². The number of hydrogen-bond acceptors (Lipinski definition) is 3. The lowest BCUT2D eigenvalue weighted by atomic mass is 10.1. The Kier molecular flexibility index (Phi) is 7.68. The zero-order chi connectivity index (χ0) is 18.8. The number of benzene rings is 2. The van der Waals surface area contributed by atoms with Gasteiger partial charge in [0.1, 0.15) is 6.04 Å². The molecule has 0 heterocycles. The Morgan fingerprint density at radius 2 is 1.58 bits per heavy atom. The van der Waals surface area contributed by atoms with E-state index in [9.17, 15) is 9.59 Å². The van der Waals surface area contributed by atoms with E-state index in [1.54, 1.807) is 13.8 Å². The van der Waals surface area contributed by atoms with E-state index >= 15 is 0 Å². The first kappa shape index (κ1) is 19.5. The Morgan fingerprint density at radius 1 is 1.00 bits per heavy atom. The monoisotopic (exact) mass is 354 g/mol. The molecule has 0 aliphatic heterocycles. The summed E-state index contributed by atoms with van der Waals surface area (Å²) in [6.45, 7) is 4.59. The molecular formula is C21H26N2O3. The second-order valence-corrected chi connectivity index (χ2v) is 6.01. The van der Waals surface area contributed by atoms with Gasteiger partial charge in [0.05, 0.1) is 6.61 Å². The third kappa shape index (κ3) is 5.92. The van der Waals surface area contributed by atoms with Crippen LogP contribution in [0.15, 0.2) is 60.7 Å². The van der Waals surface area contributed by atoms with Gasteiger partial charge in [0, 0.05) is 13.1 Å². The van der Waals surface area contributed by atoms with Crippen LogP contribution in [0.4, 0.5) is 4.79 Å². The second-order valence-electron chi connectivity index (χ2n) is 6.01. The molecule has 0 spiro atoms. The highest BCUT2D eigenvalue weighted by Crippen LogP contribution is 2.10. The Bertz CT molecular complexity index is 689. The van der Waals surface area contributed by atoms with Crippen LogP contribution in [0.5, 0.6) is 0 Å². The molecule has 0 bridgehead atoms. The van der Waals surface area contributed by atoms with E-state index in [0.29, 0.717) is 13.1 Å². The van der Waals surface area contributed by atoms with E-state index < -0.39 is 12.0 Å². The number of esters is 1. The number of ether oxygens (including phenoxy) is 1. The summed E-state index contributed by atoms with van der Waals surface area (Å²) in [6.07, 6.45) is 0.736. The number of amides is 2. The van der Waals surface area contributed by atoms with Crippen molar-refractivity contribution in [2.45, 2.75) is 32.9 Å².